The summed E-state index contributed by atoms with van der Waals surface area (Å²) in [5.41, 5.74) is 2.89. The Labute approximate surface area is 121 Å². The molecule has 1 unspecified atom stereocenters. The summed E-state index contributed by atoms with van der Waals surface area (Å²) >= 11 is 0. The van der Waals surface area contributed by atoms with Crippen LogP contribution in [0, 0.1) is 5.92 Å². The lowest BCUT2D eigenvalue weighted by molar-refractivity contribution is 0.470. The number of nitrogens with zero attached hydrogens (tertiary/aromatic N) is 2. The van der Waals surface area contributed by atoms with Gasteiger partial charge in [0.15, 0.2) is 0 Å². The summed E-state index contributed by atoms with van der Waals surface area (Å²) in [4.78, 5) is 9.04. The molecule has 1 atom stereocenters. The predicted octanol–water partition coefficient (Wildman–Crippen LogP) is 2.35. The lowest BCUT2D eigenvalue weighted by atomic mass is 10.2. The van der Waals surface area contributed by atoms with Gasteiger partial charge in [0.05, 0.1) is 22.9 Å². The molecule has 4 nitrogen and oxygen atoms in total. The molecule has 0 bridgehead atoms. The molecule has 0 saturated carbocycles. The minimum atomic E-state index is 0.419. The highest BCUT2D eigenvalue weighted by Gasteiger charge is 2.04. The van der Waals surface area contributed by atoms with Crippen molar-refractivity contribution in [3.8, 4) is 0 Å². The van der Waals surface area contributed by atoms with Gasteiger partial charge in [0.2, 0.25) is 0 Å². The normalized spacial score (nSPS) is 13.0. The lowest BCUT2D eigenvalue weighted by Crippen LogP contribution is -2.37. The maximum atomic E-state index is 4.61. The molecule has 0 saturated heterocycles. The van der Waals surface area contributed by atoms with E-state index in [1.165, 1.54) is 0 Å². The third-order valence-corrected chi connectivity index (χ3v) is 3.13. The van der Waals surface area contributed by atoms with Gasteiger partial charge in [0, 0.05) is 19.1 Å². The summed E-state index contributed by atoms with van der Waals surface area (Å²) in [6.45, 7) is 9.40. The zero-order chi connectivity index (χ0) is 14.4. The van der Waals surface area contributed by atoms with Crippen LogP contribution in [0.15, 0.2) is 30.5 Å². The van der Waals surface area contributed by atoms with Gasteiger partial charge in [-0.05, 0) is 31.5 Å². The van der Waals surface area contributed by atoms with E-state index in [0.29, 0.717) is 12.0 Å². The summed E-state index contributed by atoms with van der Waals surface area (Å²) in [5.74, 6) is 0.688. The van der Waals surface area contributed by atoms with Crippen LogP contribution in [-0.2, 0) is 6.54 Å². The van der Waals surface area contributed by atoms with Gasteiger partial charge in [-0.3, -0.25) is 4.98 Å². The molecule has 0 aliphatic rings. The van der Waals surface area contributed by atoms with Crippen LogP contribution in [0.3, 0.4) is 0 Å². The predicted molar refractivity (Wildman–Crippen MR) is 83.5 cm³/mol. The van der Waals surface area contributed by atoms with Gasteiger partial charge in [0.1, 0.15) is 0 Å². The van der Waals surface area contributed by atoms with Crippen molar-refractivity contribution in [2.45, 2.75) is 33.4 Å². The van der Waals surface area contributed by atoms with Crippen molar-refractivity contribution < 1.29 is 0 Å². The van der Waals surface area contributed by atoms with E-state index in [9.17, 15) is 0 Å². The number of benzene rings is 1. The second-order valence-corrected chi connectivity index (χ2v) is 5.68. The Morgan fingerprint density at radius 2 is 1.80 bits per heavy atom. The van der Waals surface area contributed by atoms with Crippen molar-refractivity contribution in [2.75, 3.05) is 13.1 Å². The topological polar surface area (TPSA) is 49.8 Å². The highest BCUT2D eigenvalue weighted by molar-refractivity contribution is 5.73. The summed E-state index contributed by atoms with van der Waals surface area (Å²) in [6, 6.07) is 8.38. The van der Waals surface area contributed by atoms with Crippen LogP contribution in [-0.4, -0.2) is 29.1 Å². The summed E-state index contributed by atoms with van der Waals surface area (Å²) in [5, 5.41) is 6.92. The molecule has 108 valence electrons. The quantitative estimate of drug-likeness (QED) is 0.812. The van der Waals surface area contributed by atoms with Gasteiger partial charge in [-0.25, -0.2) is 4.98 Å². The highest BCUT2D eigenvalue weighted by Crippen LogP contribution is 2.08. The molecule has 0 aliphatic carbocycles. The number of aromatic nitrogens is 2. The van der Waals surface area contributed by atoms with E-state index in [0.717, 1.165) is 36.4 Å². The first-order valence-electron chi connectivity index (χ1n) is 7.30. The molecule has 1 aromatic carbocycles. The second kappa shape index (κ2) is 7.31. The van der Waals surface area contributed by atoms with Crippen molar-refractivity contribution in [1.82, 2.24) is 20.6 Å². The summed E-state index contributed by atoms with van der Waals surface area (Å²) in [7, 11) is 0. The van der Waals surface area contributed by atoms with Gasteiger partial charge in [-0.2, -0.15) is 0 Å². The Morgan fingerprint density at radius 3 is 2.55 bits per heavy atom. The first-order chi connectivity index (χ1) is 9.65. The van der Waals surface area contributed by atoms with Crippen molar-refractivity contribution in [1.29, 1.82) is 0 Å². The van der Waals surface area contributed by atoms with Crippen LogP contribution in [0.1, 0.15) is 26.5 Å². The fourth-order valence-electron chi connectivity index (χ4n) is 2.02. The van der Waals surface area contributed by atoms with E-state index < -0.39 is 0 Å². The highest BCUT2D eigenvalue weighted by atomic mass is 15.0. The van der Waals surface area contributed by atoms with Crippen molar-refractivity contribution in [2.24, 2.45) is 5.92 Å². The molecule has 0 amide bonds. The van der Waals surface area contributed by atoms with Crippen LogP contribution in [0.5, 0.6) is 0 Å². The zero-order valence-electron chi connectivity index (χ0n) is 12.6. The number of nitrogens with one attached hydrogen (secondary N) is 2. The molecule has 0 aliphatic heterocycles. The Hall–Kier alpha value is -1.52. The molecule has 4 heteroatoms. The molecule has 2 aromatic rings. The van der Waals surface area contributed by atoms with Gasteiger partial charge in [-0.15, -0.1) is 0 Å². The molecular formula is C16H24N4. The van der Waals surface area contributed by atoms with Gasteiger partial charge in [-0.1, -0.05) is 26.0 Å². The van der Waals surface area contributed by atoms with Gasteiger partial charge in [0.25, 0.3) is 0 Å². The molecule has 1 aromatic heterocycles. The first kappa shape index (κ1) is 14.9. The first-order valence-corrected chi connectivity index (χ1v) is 7.30. The molecule has 2 rings (SSSR count). The number of hydrogen-bond acceptors (Lipinski definition) is 4. The minimum absolute atomic E-state index is 0.419. The number of hydrogen-bond donors (Lipinski definition) is 2. The standard InChI is InChI=1S/C16H24N4/c1-12(2)8-17-9-13(3)18-10-14-11-19-15-6-4-5-7-16(15)20-14/h4-7,11-13,17-18H,8-10H2,1-3H3. The largest absolute Gasteiger partial charge is 0.315 e. The third kappa shape index (κ3) is 4.54. The Kier molecular flexibility index (Phi) is 5.44. The molecule has 0 fully saturated rings. The number of fused-ring (bicyclic) bond motifs is 1. The average Bonchev–Trinajstić information content (AvgIpc) is 2.44. The molecule has 0 spiro atoms. The molecular weight excluding hydrogens is 248 g/mol. The van der Waals surface area contributed by atoms with E-state index >= 15 is 0 Å². The lowest BCUT2D eigenvalue weighted by Gasteiger charge is -2.15. The Balaban J connectivity index is 1.83. The molecule has 0 radical (unpaired) electrons. The van der Waals surface area contributed by atoms with Crippen LogP contribution >= 0.6 is 0 Å². The fraction of sp³-hybridized carbons (Fsp3) is 0.500. The van der Waals surface area contributed by atoms with E-state index in [-0.39, 0.29) is 0 Å². The number of para-hydroxylation sites is 2. The Bertz CT molecular complexity index is 539. The van der Waals surface area contributed by atoms with Crippen LogP contribution < -0.4 is 10.6 Å². The Morgan fingerprint density at radius 1 is 1.05 bits per heavy atom. The van der Waals surface area contributed by atoms with E-state index in [2.05, 4.69) is 41.4 Å². The monoisotopic (exact) mass is 272 g/mol. The van der Waals surface area contributed by atoms with Gasteiger partial charge >= 0.3 is 0 Å². The van der Waals surface area contributed by atoms with E-state index in [4.69, 9.17) is 0 Å². The summed E-state index contributed by atoms with van der Waals surface area (Å²) < 4.78 is 0. The maximum Gasteiger partial charge on any atom is 0.0890 e. The van der Waals surface area contributed by atoms with Crippen LogP contribution in [0.25, 0.3) is 11.0 Å². The molecule has 20 heavy (non-hydrogen) atoms. The molecule has 2 N–H and O–H groups in total. The third-order valence-electron chi connectivity index (χ3n) is 3.13. The molecule has 1 heterocycles. The van der Waals surface area contributed by atoms with Crippen molar-refractivity contribution >= 4 is 11.0 Å². The van der Waals surface area contributed by atoms with E-state index in [1.807, 2.05) is 30.5 Å². The van der Waals surface area contributed by atoms with Gasteiger partial charge < -0.3 is 10.6 Å². The average molecular weight is 272 g/mol. The smallest absolute Gasteiger partial charge is 0.0890 e. The SMILES string of the molecule is CC(C)CNCC(C)NCc1cnc2ccccc2n1. The second-order valence-electron chi connectivity index (χ2n) is 5.68. The van der Waals surface area contributed by atoms with Crippen molar-refractivity contribution in [3.05, 3.63) is 36.2 Å². The van der Waals surface area contributed by atoms with Crippen molar-refractivity contribution in [3.63, 3.8) is 0 Å². The van der Waals surface area contributed by atoms with Crippen LogP contribution in [0.2, 0.25) is 0 Å². The van der Waals surface area contributed by atoms with E-state index in [1.54, 1.807) is 0 Å². The van der Waals surface area contributed by atoms with Crippen LogP contribution in [0.4, 0.5) is 0 Å². The zero-order valence-corrected chi connectivity index (χ0v) is 12.6. The fourth-order valence-corrected chi connectivity index (χ4v) is 2.02. The summed E-state index contributed by atoms with van der Waals surface area (Å²) in [6.07, 6.45) is 1.85. The number of rotatable bonds is 7. The minimum Gasteiger partial charge on any atom is -0.315 e. The maximum absolute atomic E-state index is 4.61.